The lowest BCUT2D eigenvalue weighted by molar-refractivity contribution is 0.0373. The number of hydrogen-bond acceptors (Lipinski definition) is 3. The van der Waals surface area contributed by atoms with E-state index in [0.717, 1.165) is 5.56 Å². The van der Waals surface area contributed by atoms with E-state index in [1.54, 1.807) is 23.0 Å². The van der Waals surface area contributed by atoms with Gasteiger partial charge >= 0.3 is 5.97 Å². The van der Waals surface area contributed by atoms with Crippen LogP contribution in [0.2, 0.25) is 0 Å². The second kappa shape index (κ2) is 6.88. The molecular formula is C17H20N2O2. The highest BCUT2D eigenvalue weighted by Gasteiger charge is 2.20. The standard InChI is InChI=1S/C17H20N2O2/c1-4-15(5-2)21-17(20)16-11-12-18-19(16)13(3)14-9-7-6-8-10-14/h4,6-13,15H,1,5H2,2-3H3/t13-,15?/m1/s1. The third-order valence-electron chi connectivity index (χ3n) is 3.45. The molecule has 0 saturated heterocycles. The Morgan fingerprint density at radius 3 is 2.71 bits per heavy atom. The Bertz CT molecular complexity index is 604. The highest BCUT2D eigenvalue weighted by molar-refractivity contribution is 5.87. The number of ether oxygens (including phenoxy) is 1. The first-order valence-electron chi connectivity index (χ1n) is 7.09. The van der Waals surface area contributed by atoms with E-state index >= 15 is 0 Å². The topological polar surface area (TPSA) is 44.1 Å². The van der Waals surface area contributed by atoms with Crippen molar-refractivity contribution in [1.82, 2.24) is 9.78 Å². The highest BCUT2D eigenvalue weighted by atomic mass is 16.5. The van der Waals surface area contributed by atoms with Gasteiger partial charge in [0.25, 0.3) is 0 Å². The van der Waals surface area contributed by atoms with Gasteiger partial charge in [-0.1, -0.05) is 49.9 Å². The molecule has 0 spiro atoms. The van der Waals surface area contributed by atoms with Gasteiger partial charge in [0.2, 0.25) is 0 Å². The highest BCUT2D eigenvalue weighted by Crippen LogP contribution is 2.19. The summed E-state index contributed by atoms with van der Waals surface area (Å²) in [6.45, 7) is 7.62. The molecule has 0 fully saturated rings. The molecule has 1 heterocycles. The molecule has 0 aliphatic rings. The van der Waals surface area contributed by atoms with Gasteiger partial charge in [-0.15, -0.1) is 0 Å². The zero-order valence-corrected chi connectivity index (χ0v) is 12.4. The summed E-state index contributed by atoms with van der Waals surface area (Å²) in [5, 5.41) is 4.26. The van der Waals surface area contributed by atoms with Gasteiger partial charge < -0.3 is 4.74 Å². The third-order valence-corrected chi connectivity index (χ3v) is 3.45. The van der Waals surface area contributed by atoms with Crippen molar-refractivity contribution in [3.63, 3.8) is 0 Å². The van der Waals surface area contributed by atoms with Crippen molar-refractivity contribution in [2.75, 3.05) is 0 Å². The van der Waals surface area contributed by atoms with E-state index in [4.69, 9.17) is 4.74 Å². The van der Waals surface area contributed by atoms with Crippen LogP contribution in [0.3, 0.4) is 0 Å². The molecule has 2 rings (SSSR count). The Hall–Kier alpha value is -2.36. The number of carbonyl (C=O) groups is 1. The lowest BCUT2D eigenvalue weighted by Gasteiger charge is -2.17. The average molecular weight is 284 g/mol. The SMILES string of the molecule is C=CC(CC)OC(=O)c1ccnn1[C@H](C)c1ccccc1. The smallest absolute Gasteiger partial charge is 0.357 e. The van der Waals surface area contributed by atoms with Crippen LogP contribution in [0, 0.1) is 0 Å². The Morgan fingerprint density at radius 2 is 2.10 bits per heavy atom. The van der Waals surface area contributed by atoms with Crippen molar-refractivity contribution in [1.29, 1.82) is 0 Å². The molecule has 1 aromatic heterocycles. The van der Waals surface area contributed by atoms with E-state index in [0.29, 0.717) is 12.1 Å². The molecule has 0 amide bonds. The van der Waals surface area contributed by atoms with E-state index in [-0.39, 0.29) is 18.1 Å². The summed E-state index contributed by atoms with van der Waals surface area (Å²) in [7, 11) is 0. The molecule has 110 valence electrons. The fourth-order valence-corrected chi connectivity index (χ4v) is 2.15. The molecule has 0 aliphatic carbocycles. The van der Waals surface area contributed by atoms with Gasteiger partial charge in [-0.25, -0.2) is 4.79 Å². The fourth-order valence-electron chi connectivity index (χ4n) is 2.15. The Balaban J connectivity index is 2.22. The second-order valence-corrected chi connectivity index (χ2v) is 4.84. The van der Waals surface area contributed by atoms with Crippen LogP contribution in [-0.4, -0.2) is 21.9 Å². The monoisotopic (exact) mass is 284 g/mol. The van der Waals surface area contributed by atoms with E-state index in [1.165, 1.54) is 0 Å². The van der Waals surface area contributed by atoms with Crippen molar-refractivity contribution in [3.05, 3.63) is 66.5 Å². The quantitative estimate of drug-likeness (QED) is 0.601. The number of nitrogens with zero attached hydrogens (tertiary/aromatic N) is 2. The van der Waals surface area contributed by atoms with Crippen molar-refractivity contribution < 1.29 is 9.53 Å². The molecule has 0 saturated carbocycles. The molecule has 0 aliphatic heterocycles. The van der Waals surface area contributed by atoms with Gasteiger partial charge in [0.05, 0.1) is 6.04 Å². The van der Waals surface area contributed by atoms with E-state index in [9.17, 15) is 4.79 Å². The molecule has 2 atom stereocenters. The van der Waals surface area contributed by atoms with Gasteiger partial charge in [-0.05, 0) is 25.0 Å². The lowest BCUT2D eigenvalue weighted by Crippen LogP contribution is -2.21. The predicted octanol–water partition coefficient (Wildman–Crippen LogP) is 3.61. The van der Waals surface area contributed by atoms with Crippen molar-refractivity contribution in [2.45, 2.75) is 32.4 Å². The van der Waals surface area contributed by atoms with Crippen LogP contribution in [-0.2, 0) is 4.74 Å². The third kappa shape index (κ3) is 3.40. The number of rotatable bonds is 6. The normalized spacial score (nSPS) is 13.4. The predicted molar refractivity (Wildman–Crippen MR) is 82.2 cm³/mol. The Morgan fingerprint density at radius 1 is 1.38 bits per heavy atom. The minimum atomic E-state index is -0.373. The van der Waals surface area contributed by atoms with Crippen molar-refractivity contribution >= 4 is 5.97 Å². The first kappa shape index (κ1) is 15.0. The number of carbonyl (C=O) groups excluding carboxylic acids is 1. The maximum Gasteiger partial charge on any atom is 0.357 e. The van der Waals surface area contributed by atoms with E-state index in [2.05, 4.69) is 11.7 Å². The van der Waals surface area contributed by atoms with E-state index in [1.807, 2.05) is 44.2 Å². The van der Waals surface area contributed by atoms with Gasteiger partial charge in [-0.2, -0.15) is 5.10 Å². The molecule has 0 N–H and O–H groups in total. The maximum absolute atomic E-state index is 12.3. The summed E-state index contributed by atoms with van der Waals surface area (Å²) < 4.78 is 7.09. The first-order valence-corrected chi connectivity index (χ1v) is 7.09. The molecular weight excluding hydrogens is 264 g/mol. The summed E-state index contributed by atoms with van der Waals surface area (Å²) in [5.74, 6) is -0.373. The fraction of sp³-hybridized carbons (Fsp3) is 0.294. The van der Waals surface area contributed by atoms with Crippen LogP contribution in [0.15, 0.2) is 55.3 Å². The van der Waals surface area contributed by atoms with Crippen molar-refractivity contribution in [3.8, 4) is 0 Å². The van der Waals surface area contributed by atoms with Gasteiger partial charge in [-0.3, -0.25) is 4.68 Å². The zero-order chi connectivity index (χ0) is 15.2. The van der Waals surface area contributed by atoms with E-state index < -0.39 is 0 Å². The van der Waals surface area contributed by atoms with Crippen LogP contribution in [0.25, 0.3) is 0 Å². The minimum absolute atomic E-state index is 0.0347. The van der Waals surface area contributed by atoms with Crippen LogP contribution in [0.1, 0.15) is 42.4 Å². The first-order chi connectivity index (χ1) is 10.2. The molecule has 2 aromatic rings. The molecule has 0 bridgehead atoms. The second-order valence-electron chi connectivity index (χ2n) is 4.84. The molecule has 4 nitrogen and oxygen atoms in total. The summed E-state index contributed by atoms with van der Waals surface area (Å²) in [5.41, 5.74) is 1.54. The molecule has 1 aromatic carbocycles. The summed E-state index contributed by atoms with van der Waals surface area (Å²) >= 11 is 0. The summed E-state index contributed by atoms with van der Waals surface area (Å²) in [6.07, 6.45) is 3.69. The Kier molecular flexibility index (Phi) is 4.93. The molecule has 0 radical (unpaired) electrons. The largest absolute Gasteiger partial charge is 0.453 e. The van der Waals surface area contributed by atoms with Crippen LogP contribution < -0.4 is 0 Å². The average Bonchev–Trinajstić information content (AvgIpc) is 3.02. The van der Waals surface area contributed by atoms with Crippen LogP contribution >= 0.6 is 0 Å². The van der Waals surface area contributed by atoms with Crippen LogP contribution in [0.5, 0.6) is 0 Å². The molecule has 21 heavy (non-hydrogen) atoms. The van der Waals surface area contributed by atoms with Gasteiger partial charge in [0.15, 0.2) is 0 Å². The summed E-state index contributed by atoms with van der Waals surface area (Å²) in [6, 6.07) is 11.6. The zero-order valence-electron chi connectivity index (χ0n) is 12.4. The van der Waals surface area contributed by atoms with Crippen molar-refractivity contribution in [2.24, 2.45) is 0 Å². The Labute approximate surface area is 125 Å². The number of hydrogen-bond donors (Lipinski definition) is 0. The van der Waals surface area contributed by atoms with Gasteiger partial charge in [0.1, 0.15) is 11.8 Å². The lowest BCUT2D eigenvalue weighted by atomic mass is 10.1. The molecule has 4 heteroatoms. The van der Waals surface area contributed by atoms with Crippen LogP contribution in [0.4, 0.5) is 0 Å². The van der Waals surface area contributed by atoms with Gasteiger partial charge in [0, 0.05) is 6.20 Å². The minimum Gasteiger partial charge on any atom is -0.453 e. The molecule has 1 unspecified atom stereocenters. The number of benzene rings is 1. The number of aromatic nitrogens is 2. The summed E-state index contributed by atoms with van der Waals surface area (Å²) in [4.78, 5) is 12.3. The maximum atomic E-state index is 12.3. The number of esters is 1.